The molecule has 1 aromatic carbocycles. The molecular weight excluding hydrogens is 316 g/mol. The van der Waals surface area contributed by atoms with E-state index in [1.54, 1.807) is 24.5 Å². The fourth-order valence-electron chi connectivity index (χ4n) is 2.70. The van der Waals surface area contributed by atoms with Crippen LogP contribution < -0.4 is 9.64 Å². The van der Waals surface area contributed by atoms with Gasteiger partial charge in [0.25, 0.3) is 0 Å². The van der Waals surface area contributed by atoms with Crippen molar-refractivity contribution in [3.05, 3.63) is 54.4 Å². The third-order valence-corrected chi connectivity index (χ3v) is 4.04. The topological polar surface area (TPSA) is 58.6 Å². The quantitative estimate of drug-likeness (QED) is 0.783. The molecule has 0 aliphatic carbocycles. The molecule has 1 aliphatic rings. The minimum absolute atomic E-state index is 0.0301. The summed E-state index contributed by atoms with van der Waals surface area (Å²) in [6.07, 6.45) is 6.94. The van der Waals surface area contributed by atoms with Gasteiger partial charge in [-0.15, -0.1) is 0 Å². The number of piperazine rings is 1. The zero-order chi connectivity index (χ0) is 17.5. The lowest BCUT2D eigenvalue weighted by Gasteiger charge is -2.34. The lowest BCUT2D eigenvalue weighted by molar-refractivity contribution is -0.126. The van der Waals surface area contributed by atoms with Gasteiger partial charge in [0.05, 0.1) is 6.61 Å². The minimum Gasteiger partial charge on any atom is -0.494 e. The summed E-state index contributed by atoms with van der Waals surface area (Å²) in [6.45, 7) is 5.43. The van der Waals surface area contributed by atoms with Gasteiger partial charge in [-0.1, -0.05) is 12.1 Å². The zero-order valence-electron chi connectivity index (χ0n) is 14.3. The van der Waals surface area contributed by atoms with Crippen molar-refractivity contribution in [3.63, 3.8) is 0 Å². The Balaban J connectivity index is 1.52. The van der Waals surface area contributed by atoms with E-state index in [-0.39, 0.29) is 5.91 Å². The largest absolute Gasteiger partial charge is 0.494 e. The highest BCUT2D eigenvalue weighted by molar-refractivity contribution is 5.92. The van der Waals surface area contributed by atoms with Crippen molar-refractivity contribution in [2.45, 2.75) is 6.92 Å². The maximum absolute atomic E-state index is 12.3. The van der Waals surface area contributed by atoms with Crippen LogP contribution in [0.1, 0.15) is 12.5 Å². The molecule has 130 valence electrons. The maximum Gasteiger partial charge on any atom is 0.246 e. The maximum atomic E-state index is 12.3. The highest BCUT2D eigenvalue weighted by Crippen LogP contribution is 2.14. The van der Waals surface area contributed by atoms with Crippen LogP contribution in [-0.2, 0) is 4.79 Å². The molecule has 0 unspecified atom stereocenters. The number of amides is 1. The van der Waals surface area contributed by atoms with Gasteiger partial charge < -0.3 is 14.5 Å². The Hall–Kier alpha value is -2.89. The molecule has 2 heterocycles. The molecule has 0 saturated carbocycles. The van der Waals surface area contributed by atoms with Crippen molar-refractivity contribution in [1.29, 1.82) is 0 Å². The van der Waals surface area contributed by atoms with Crippen LogP contribution in [0.2, 0.25) is 0 Å². The van der Waals surface area contributed by atoms with Crippen molar-refractivity contribution >= 4 is 17.9 Å². The molecule has 25 heavy (non-hydrogen) atoms. The SMILES string of the molecule is CCOc1ccc(/C=C/C(=O)N2CCN(c3ncccn3)CC2)cc1. The third kappa shape index (κ3) is 4.56. The fraction of sp³-hybridized carbons (Fsp3) is 0.316. The van der Waals surface area contributed by atoms with Crippen molar-refractivity contribution in [3.8, 4) is 5.75 Å². The standard InChI is InChI=1S/C19H22N4O2/c1-2-25-17-7-4-16(5-8-17)6-9-18(24)22-12-14-23(15-13-22)19-20-10-3-11-21-19/h3-11H,2,12-15H2,1H3/b9-6+. The van der Waals surface area contributed by atoms with Crippen LogP contribution in [0.15, 0.2) is 48.8 Å². The van der Waals surface area contributed by atoms with E-state index in [1.165, 1.54) is 0 Å². The number of ether oxygens (including phenoxy) is 1. The smallest absolute Gasteiger partial charge is 0.246 e. The molecule has 6 heteroatoms. The van der Waals surface area contributed by atoms with Gasteiger partial charge in [0.2, 0.25) is 11.9 Å². The van der Waals surface area contributed by atoms with Crippen LogP contribution in [0.25, 0.3) is 6.08 Å². The summed E-state index contributed by atoms with van der Waals surface area (Å²) >= 11 is 0. The Morgan fingerprint density at radius 2 is 1.80 bits per heavy atom. The molecular formula is C19H22N4O2. The van der Waals surface area contributed by atoms with Crippen molar-refractivity contribution < 1.29 is 9.53 Å². The Kier molecular flexibility index (Phi) is 5.61. The van der Waals surface area contributed by atoms with Gasteiger partial charge in [-0.3, -0.25) is 4.79 Å². The van der Waals surface area contributed by atoms with Crippen LogP contribution in [0.3, 0.4) is 0 Å². The first kappa shape index (κ1) is 17.0. The zero-order valence-corrected chi connectivity index (χ0v) is 14.3. The Labute approximate surface area is 147 Å². The summed E-state index contributed by atoms with van der Waals surface area (Å²) in [5, 5.41) is 0. The highest BCUT2D eigenvalue weighted by atomic mass is 16.5. The first-order chi connectivity index (χ1) is 12.3. The van der Waals surface area contributed by atoms with Gasteiger partial charge in [-0.2, -0.15) is 0 Å². The molecule has 2 aromatic rings. The van der Waals surface area contributed by atoms with Gasteiger partial charge in [-0.25, -0.2) is 9.97 Å². The van der Waals surface area contributed by atoms with E-state index < -0.39 is 0 Å². The summed E-state index contributed by atoms with van der Waals surface area (Å²) in [4.78, 5) is 24.8. The second kappa shape index (κ2) is 8.28. The number of anilines is 1. The first-order valence-corrected chi connectivity index (χ1v) is 8.48. The van der Waals surface area contributed by atoms with Crippen LogP contribution in [0.4, 0.5) is 5.95 Å². The van der Waals surface area contributed by atoms with E-state index in [0.717, 1.165) is 30.4 Å². The van der Waals surface area contributed by atoms with Gasteiger partial charge >= 0.3 is 0 Å². The molecule has 0 spiro atoms. The fourth-order valence-corrected chi connectivity index (χ4v) is 2.70. The monoisotopic (exact) mass is 338 g/mol. The van der Waals surface area contributed by atoms with Gasteiger partial charge in [0, 0.05) is 44.6 Å². The molecule has 3 rings (SSSR count). The van der Waals surface area contributed by atoms with Crippen LogP contribution >= 0.6 is 0 Å². The number of hydrogen-bond acceptors (Lipinski definition) is 5. The summed E-state index contributed by atoms with van der Waals surface area (Å²) in [6, 6.07) is 9.51. The number of carbonyl (C=O) groups is 1. The summed E-state index contributed by atoms with van der Waals surface area (Å²) in [5.41, 5.74) is 0.980. The average molecular weight is 338 g/mol. The number of rotatable bonds is 5. The van der Waals surface area contributed by atoms with E-state index in [2.05, 4.69) is 14.9 Å². The lowest BCUT2D eigenvalue weighted by atomic mass is 10.2. The second-order valence-corrected chi connectivity index (χ2v) is 5.70. The Bertz CT molecular complexity index is 708. The van der Waals surface area contributed by atoms with Gasteiger partial charge in [0.15, 0.2) is 0 Å². The molecule has 6 nitrogen and oxygen atoms in total. The first-order valence-electron chi connectivity index (χ1n) is 8.48. The van der Waals surface area contributed by atoms with E-state index >= 15 is 0 Å². The second-order valence-electron chi connectivity index (χ2n) is 5.70. The number of carbonyl (C=O) groups excluding carboxylic acids is 1. The number of hydrogen-bond donors (Lipinski definition) is 0. The number of aromatic nitrogens is 2. The molecule has 1 saturated heterocycles. The predicted molar refractivity (Wildman–Crippen MR) is 97.5 cm³/mol. The van der Waals surface area contributed by atoms with Crippen LogP contribution in [0.5, 0.6) is 5.75 Å². The lowest BCUT2D eigenvalue weighted by Crippen LogP contribution is -2.48. The van der Waals surface area contributed by atoms with E-state index in [4.69, 9.17) is 4.74 Å². The van der Waals surface area contributed by atoms with Gasteiger partial charge in [-0.05, 0) is 36.8 Å². The molecule has 1 amide bonds. The molecule has 1 aromatic heterocycles. The molecule has 0 atom stereocenters. The summed E-state index contributed by atoms with van der Waals surface area (Å²) < 4.78 is 5.41. The van der Waals surface area contributed by atoms with Crippen LogP contribution in [0, 0.1) is 0 Å². The molecule has 0 bridgehead atoms. The van der Waals surface area contributed by atoms with Crippen molar-refractivity contribution in [1.82, 2.24) is 14.9 Å². The van der Waals surface area contributed by atoms with Crippen LogP contribution in [-0.4, -0.2) is 53.6 Å². The van der Waals surface area contributed by atoms with Crippen molar-refractivity contribution in [2.24, 2.45) is 0 Å². The van der Waals surface area contributed by atoms with Crippen molar-refractivity contribution in [2.75, 3.05) is 37.7 Å². The molecule has 1 fully saturated rings. The Morgan fingerprint density at radius 3 is 2.44 bits per heavy atom. The normalized spacial score (nSPS) is 14.8. The summed E-state index contributed by atoms with van der Waals surface area (Å²) in [5.74, 6) is 1.59. The third-order valence-electron chi connectivity index (χ3n) is 4.04. The predicted octanol–water partition coefficient (Wildman–Crippen LogP) is 2.24. The molecule has 0 radical (unpaired) electrons. The molecule has 1 aliphatic heterocycles. The van der Waals surface area contributed by atoms with E-state index in [1.807, 2.05) is 42.2 Å². The summed E-state index contributed by atoms with van der Waals surface area (Å²) in [7, 11) is 0. The van der Waals surface area contributed by atoms with E-state index in [9.17, 15) is 4.79 Å². The minimum atomic E-state index is 0.0301. The van der Waals surface area contributed by atoms with Gasteiger partial charge in [0.1, 0.15) is 5.75 Å². The number of nitrogens with zero attached hydrogens (tertiary/aromatic N) is 4. The Morgan fingerprint density at radius 1 is 1.12 bits per heavy atom. The van der Waals surface area contributed by atoms with E-state index in [0.29, 0.717) is 19.7 Å². The molecule has 0 N–H and O–H groups in total. The highest BCUT2D eigenvalue weighted by Gasteiger charge is 2.20. The number of benzene rings is 1. The average Bonchev–Trinajstić information content (AvgIpc) is 2.68.